The largest absolute Gasteiger partial charge is 0.394 e. The summed E-state index contributed by atoms with van der Waals surface area (Å²) in [6.45, 7) is 4.30. The summed E-state index contributed by atoms with van der Waals surface area (Å²) in [7, 11) is 0. The van der Waals surface area contributed by atoms with E-state index in [-0.39, 0.29) is 41.2 Å². The number of ketones is 1. The van der Waals surface area contributed by atoms with E-state index in [1.807, 2.05) is 6.08 Å². The zero-order chi connectivity index (χ0) is 18.0. The van der Waals surface area contributed by atoms with Crippen molar-refractivity contribution in [1.29, 1.82) is 0 Å². The normalized spacial score (nSPS) is 50.5. The maximum atomic E-state index is 11.9. The van der Waals surface area contributed by atoms with Crippen LogP contribution in [0.4, 0.5) is 0 Å². The summed E-state index contributed by atoms with van der Waals surface area (Å²) in [5, 5.41) is 31.0. The molecule has 0 aromatic rings. The smallest absolute Gasteiger partial charge is 0.155 e. The second kappa shape index (κ2) is 5.90. The highest BCUT2D eigenvalue weighted by Crippen LogP contribution is 2.66. The van der Waals surface area contributed by atoms with Crippen molar-refractivity contribution in [3.63, 3.8) is 0 Å². The topological polar surface area (TPSA) is 77.8 Å². The van der Waals surface area contributed by atoms with Crippen molar-refractivity contribution in [2.45, 2.75) is 71.0 Å². The highest BCUT2D eigenvalue weighted by atomic mass is 16.3. The monoisotopic (exact) mass is 348 g/mol. The molecule has 0 spiro atoms. The molecule has 4 nitrogen and oxygen atoms in total. The first-order chi connectivity index (χ1) is 11.8. The van der Waals surface area contributed by atoms with Gasteiger partial charge in [-0.1, -0.05) is 19.4 Å². The van der Waals surface area contributed by atoms with E-state index in [1.54, 1.807) is 0 Å². The highest BCUT2D eigenvalue weighted by molar-refractivity contribution is 5.91. The van der Waals surface area contributed by atoms with E-state index in [4.69, 9.17) is 0 Å². The van der Waals surface area contributed by atoms with Crippen molar-refractivity contribution in [1.82, 2.24) is 0 Å². The van der Waals surface area contributed by atoms with Gasteiger partial charge < -0.3 is 15.3 Å². The van der Waals surface area contributed by atoms with Crippen LogP contribution in [0.5, 0.6) is 0 Å². The molecule has 0 unspecified atom stereocenters. The third-order valence-corrected chi connectivity index (χ3v) is 8.62. The van der Waals surface area contributed by atoms with Gasteiger partial charge in [0.2, 0.25) is 0 Å². The predicted molar refractivity (Wildman–Crippen MR) is 94.7 cm³/mol. The van der Waals surface area contributed by atoms with Crippen molar-refractivity contribution in [2.24, 2.45) is 34.5 Å². The van der Waals surface area contributed by atoms with Crippen LogP contribution < -0.4 is 0 Å². The Kier molecular flexibility index (Phi) is 4.17. The molecule has 4 rings (SSSR count). The van der Waals surface area contributed by atoms with Crippen LogP contribution in [-0.2, 0) is 4.79 Å². The van der Waals surface area contributed by atoms with Gasteiger partial charge in [0.05, 0.1) is 18.8 Å². The zero-order valence-electron chi connectivity index (χ0n) is 15.4. The highest BCUT2D eigenvalue weighted by Gasteiger charge is 2.62. The van der Waals surface area contributed by atoms with Crippen LogP contribution in [0, 0.1) is 34.5 Å². The fourth-order valence-electron chi connectivity index (χ4n) is 7.49. The van der Waals surface area contributed by atoms with Crippen molar-refractivity contribution >= 4 is 5.78 Å². The van der Waals surface area contributed by atoms with Gasteiger partial charge in [-0.3, -0.25) is 4.79 Å². The fourth-order valence-corrected chi connectivity index (χ4v) is 7.49. The van der Waals surface area contributed by atoms with Gasteiger partial charge in [-0.25, -0.2) is 0 Å². The van der Waals surface area contributed by atoms with E-state index < -0.39 is 6.10 Å². The van der Waals surface area contributed by atoms with Gasteiger partial charge in [0, 0.05) is 6.42 Å². The van der Waals surface area contributed by atoms with Gasteiger partial charge in [0.15, 0.2) is 5.78 Å². The Balaban J connectivity index is 1.69. The first-order valence-corrected chi connectivity index (χ1v) is 10.0. The molecule has 0 amide bonds. The van der Waals surface area contributed by atoms with Gasteiger partial charge in [-0.2, -0.15) is 0 Å². The Morgan fingerprint density at radius 2 is 2.00 bits per heavy atom. The van der Waals surface area contributed by atoms with Crippen LogP contribution in [-0.4, -0.2) is 39.9 Å². The second-order valence-electron chi connectivity index (χ2n) is 9.60. The minimum absolute atomic E-state index is 0.0503. The van der Waals surface area contributed by atoms with E-state index in [0.717, 1.165) is 32.1 Å². The number of fused-ring (bicyclic) bond motifs is 5. The number of aliphatic hydroxyl groups excluding tert-OH is 3. The number of aliphatic hydroxyl groups is 3. The number of hydrogen-bond donors (Lipinski definition) is 3. The minimum atomic E-state index is -0.680. The van der Waals surface area contributed by atoms with Crippen LogP contribution in [0.1, 0.15) is 58.8 Å². The Hall–Kier alpha value is -0.710. The average Bonchev–Trinajstić information content (AvgIpc) is 2.91. The maximum Gasteiger partial charge on any atom is 0.155 e. The summed E-state index contributed by atoms with van der Waals surface area (Å²) < 4.78 is 0. The molecule has 4 heteroatoms. The number of allylic oxidation sites excluding steroid dienone is 1. The van der Waals surface area contributed by atoms with Crippen LogP contribution in [0.15, 0.2) is 11.6 Å². The van der Waals surface area contributed by atoms with Crippen LogP contribution in [0.2, 0.25) is 0 Å². The van der Waals surface area contributed by atoms with Crippen molar-refractivity contribution in [3.8, 4) is 0 Å². The lowest BCUT2D eigenvalue weighted by molar-refractivity contribution is -0.143. The molecule has 8 atom stereocenters. The van der Waals surface area contributed by atoms with E-state index >= 15 is 0 Å². The third-order valence-electron chi connectivity index (χ3n) is 8.62. The first-order valence-electron chi connectivity index (χ1n) is 10.0. The lowest BCUT2D eigenvalue weighted by Gasteiger charge is -2.60. The maximum absolute atomic E-state index is 11.9. The zero-order valence-corrected chi connectivity index (χ0v) is 15.4. The molecule has 0 radical (unpaired) electrons. The fraction of sp³-hybridized carbons (Fsp3) is 0.857. The molecule has 0 saturated heterocycles. The molecular weight excluding hydrogens is 316 g/mol. The molecular formula is C21H32O4. The molecule has 0 aliphatic heterocycles. The lowest BCUT2D eigenvalue weighted by Crippen LogP contribution is -2.57. The lowest BCUT2D eigenvalue weighted by atomic mass is 9.46. The Bertz CT molecular complexity index is 599. The van der Waals surface area contributed by atoms with E-state index in [1.165, 1.54) is 5.57 Å². The second-order valence-corrected chi connectivity index (χ2v) is 9.60. The molecule has 4 aliphatic carbocycles. The standard InChI is InChI=1S/C21H32O4/c1-20-8-7-13(23)9-12(20)3-4-14-15-5-6-16(18(25)11-22)21(15,2)10-17(24)19(14)20/h9,14-19,22,24-25H,3-8,10-11H2,1-2H3/t14-,15-,16-,17+,18-,19-,20+,21+/m1/s1. The minimum Gasteiger partial charge on any atom is -0.394 e. The SMILES string of the molecule is C[C@]12C[C@H](O)[C@H]3[C@H](CCC4=CC(=O)CC[C@@]43C)[C@H]1CC[C@@H]2[C@H](O)CO. The first kappa shape index (κ1) is 17.7. The average molecular weight is 348 g/mol. The number of carbonyl (C=O) groups excluding carboxylic acids is 1. The van der Waals surface area contributed by atoms with E-state index in [9.17, 15) is 20.1 Å². The Morgan fingerprint density at radius 1 is 1.24 bits per heavy atom. The summed E-state index contributed by atoms with van der Waals surface area (Å²) in [6.07, 6.45) is 7.00. The molecule has 0 aromatic heterocycles. The predicted octanol–water partition coefficient (Wildman–Crippen LogP) is 2.46. The summed E-state index contributed by atoms with van der Waals surface area (Å²) >= 11 is 0. The summed E-state index contributed by atoms with van der Waals surface area (Å²) in [6, 6.07) is 0. The molecule has 0 heterocycles. The summed E-state index contributed by atoms with van der Waals surface area (Å²) in [5.41, 5.74) is 1.12. The van der Waals surface area contributed by atoms with Crippen LogP contribution in [0.25, 0.3) is 0 Å². The number of hydrogen-bond acceptors (Lipinski definition) is 4. The molecule has 25 heavy (non-hydrogen) atoms. The van der Waals surface area contributed by atoms with Crippen molar-refractivity contribution in [3.05, 3.63) is 11.6 Å². The van der Waals surface area contributed by atoms with Gasteiger partial charge >= 0.3 is 0 Å². The van der Waals surface area contributed by atoms with E-state index in [2.05, 4.69) is 13.8 Å². The van der Waals surface area contributed by atoms with Crippen molar-refractivity contribution < 1.29 is 20.1 Å². The molecule has 4 aliphatic rings. The van der Waals surface area contributed by atoms with Gasteiger partial charge in [0.1, 0.15) is 0 Å². The van der Waals surface area contributed by atoms with Crippen LogP contribution in [0.3, 0.4) is 0 Å². The summed E-state index contributed by atoms with van der Waals surface area (Å²) in [4.78, 5) is 11.9. The molecule has 0 bridgehead atoms. The van der Waals surface area contributed by atoms with Gasteiger partial charge in [-0.15, -0.1) is 0 Å². The van der Waals surface area contributed by atoms with Crippen LogP contribution >= 0.6 is 0 Å². The Labute approximate surface area is 150 Å². The molecule has 0 aromatic carbocycles. The molecule has 3 N–H and O–H groups in total. The summed E-state index contributed by atoms with van der Waals surface area (Å²) in [5.74, 6) is 1.51. The third kappa shape index (κ3) is 2.40. The van der Waals surface area contributed by atoms with Gasteiger partial charge in [0.25, 0.3) is 0 Å². The quantitative estimate of drug-likeness (QED) is 0.716. The van der Waals surface area contributed by atoms with Gasteiger partial charge in [-0.05, 0) is 79.1 Å². The Morgan fingerprint density at radius 3 is 2.72 bits per heavy atom. The van der Waals surface area contributed by atoms with E-state index in [0.29, 0.717) is 24.7 Å². The number of carbonyl (C=O) groups is 1. The molecule has 140 valence electrons. The number of rotatable bonds is 2. The molecule has 3 fully saturated rings. The molecule has 3 saturated carbocycles. The van der Waals surface area contributed by atoms with Crippen molar-refractivity contribution in [2.75, 3.05) is 6.61 Å².